The van der Waals surface area contributed by atoms with Gasteiger partial charge < -0.3 is 15.4 Å². The SMILES string of the molecule is C[C@@H](N)c1ccc(OCC2CCCCN2C)cc1Br. The standard InChI is InChI=1S/C15H23BrN2O/c1-11(17)14-7-6-13(9-15(14)16)19-10-12-5-3-4-8-18(12)2/h6-7,9,11-12H,3-5,8,10,17H2,1-2H3/t11-,12?/m1/s1. The van der Waals surface area contributed by atoms with E-state index in [1.54, 1.807) is 0 Å². The van der Waals surface area contributed by atoms with E-state index in [0.717, 1.165) is 22.4 Å². The van der Waals surface area contributed by atoms with Gasteiger partial charge in [0.25, 0.3) is 0 Å². The maximum absolute atomic E-state index is 5.92. The van der Waals surface area contributed by atoms with Crippen LogP contribution in [0, 0.1) is 0 Å². The molecule has 1 aromatic carbocycles. The molecule has 0 bridgehead atoms. The van der Waals surface area contributed by atoms with Crippen molar-refractivity contribution in [2.75, 3.05) is 20.2 Å². The Morgan fingerprint density at radius 3 is 2.89 bits per heavy atom. The number of hydrogen-bond acceptors (Lipinski definition) is 3. The minimum atomic E-state index is 0.0351. The zero-order valence-corrected chi connectivity index (χ0v) is 13.3. The maximum Gasteiger partial charge on any atom is 0.120 e. The first-order chi connectivity index (χ1) is 9.08. The highest BCUT2D eigenvalue weighted by atomic mass is 79.9. The molecule has 0 radical (unpaired) electrons. The van der Waals surface area contributed by atoms with E-state index in [4.69, 9.17) is 10.5 Å². The van der Waals surface area contributed by atoms with Gasteiger partial charge >= 0.3 is 0 Å². The summed E-state index contributed by atoms with van der Waals surface area (Å²) >= 11 is 3.56. The van der Waals surface area contributed by atoms with Crippen LogP contribution in [-0.4, -0.2) is 31.1 Å². The molecule has 19 heavy (non-hydrogen) atoms. The molecule has 4 heteroatoms. The molecule has 1 saturated heterocycles. The van der Waals surface area contributed by atoms with E-state index in [1.807, 2.05) is 25.1 Å². The lowest BCUT2D eigenvalue weighted by atomic mass is 10.0. The first-order valence-electron chi connectivity index (χ1n) is 6.96. The van der Waals surface area contributed by atoms with E-state index in [-0.39, 0.29) is 6.04 Å². The Morgan fingerprint density at radius 2 is 2.26 bits per heavy atom. The molecule has 1 aliphatic heterocycles. The van der Waals surface area contributed by atoms with Crippen LogP contribution in [-0.2, 0) is 0 Å². The van der Waals surface area contributed by atoms with E-state index in [1.165, 1.54) is 25.8 Å². The van der Waals surface area contributed by atoms with E-state index in [0.29, 0.717) is 6.04 Å². The Labute approximate surface area is 124 Å². The van der Waals surface area contributed by atoms with Crippen molar-refractivity contribution in [1.82, 2.24) is 4.90 Å². The smallest absolute Gasteiger partial charge is 0.120 e. The van der Waals surface area contributed by atoms with Crippen molar-refractivity contribution in [3.8, 4) is 5.75 Å². The van der Waals surface area contributed by atoms with Crippen molar-refractivity contribution in [2.24, 2.45) is 5.73 Å². The number of benzene rings is 1. The lowest BCUT2D eigenvalue weighted by Crippen LogP contribution is -2.40. The zero-order valence-electron chi connectivity index (χ0n) is 11.7. The normalized spacial score (nSPS) is 22.2. The number of piperidine rings is 1. The zero-order chi connectivity index (χ0) is 13.8. The van der Waals surface area contributed by atoms with E-state index in [9.17, 15) is 0 Å². The van der Waals surface area contributed by atoms with Gasteiger partial charge in [0.15, 0.2) is 0 Å². The Hall–Kier alpha value is -0.580. The fourth-order valence-electron chi connectivity index (χ4n) is 2.51. The van der Waals surface area contributed by atoms with Crippen molar-refractivity contribution < 1.29 is 4.74 Å². The predicted molar refractivity (Wildman–Crippen MR) is 82.5 cm³/mol. The summed E-state index contributed by atoms with van der Waals surface area (Å²) in [6.07, 6.45) is 3.85. The fraction of sp³-hybridized carbons (Fsp3) is 0.600. The van der Waals surface area contributed by atoms with Crippen LogP contribution in [0.25, 0.3) is 0 Å². The lowest BCUT2D eigenvalue weighted by Gasteiger charge is -2.32. The molecule has 0 aliphatic carbocycles. The van der Waals surface area contributed by atoms with Crippen molar-refractivity contribution in [3.63, 3.8) is 0 Å². The Bertz CT molecular complexity index is 423. The van der Waals surface area contributed by atoms with Crippen LogP contribution in [0.4, 0.5) is 0 Å². The third-order valence-corrected chi connectivity index (χ3v) is 4.51. The van der Waals surface area contributed by atoms with Crippen molar-refractivity contribution in [3.05, 3.63) is 28.2 Å². The third-order valence-electron chi connectivity index (χ3n) is 3.83. The van der Waals surface area contributed by atoms with Gasteiger partial charge in [-0.1, -0.05) is 28.4 Å². The summed E-state index contributed by atoms with van der Waals surface area (Å²) in [5.74, 6) is 0.912. The van der Waals surface area contributed by atoms with E-state index in [2.05, 4.69) is 27.9 Å². The molecular weight excluding hydrogens is 304 g/mol. The number of likely N-dealkylation sites (N-methyl/N-ethyl adjacent to an activating group) is 1. The molecule has 1 heterocycles. The molecule has 0 saturated carbocycles. The first-order valence-corrected chi connectivity index (χ1v) is 7.75. The molecule has 1 aromatic rings. The largest absolute Gasteiger partial charge is 0.492 e. The van der Waals surface area contributed by atoms with Crippen LogP contribution in [0.15, 0.2) is 22.7 Å². The van der Waals surface area contributed by atoms with Crippen molar-refractivity contribution in [1.29, 1.82) is 0 Å². The van der Waals surface area contributed by atoms with E-state index < -0.39 is 0 Å². The lowest BCUT2D eigenvalue weighted by molar-refractivity contribution is 0.125. The number of hydrogen-bond donors (Lipinski definition) is 1. The molecule has 1 unspecified atom stereocenters. The van der Waals surface area contributed by atoms with Gasteiger partial charge in [0.1, 0.15) is 12.4 Å². The minimum Gasteiger partial charge on any atom is -0.492 e. The maximum atomic E-state index is 5.92. The number of rotatable bonds is 4. The number of nitrogens with zero attached hydrogens (tertiary/aromatic N) is 1. The molecule has 2 N–H and O–H groups in total. The minimum absolute atomic E-state index is 0.0351. The number of ether oxygens (including phenoxy) is 1. The first kappa shape index (κ1) is 14.8. The van der Waals surface area contributed by atoms with Gasteiger partial charge in [-0.3, -0.25) is 0 Å². The number of nitrogens with two attached hydrogens (primary N) is 1. The van der Waals surface area contributed by atoms with Crippen LogP contribution in [0.5, 0.6) is 5.75 Å². The molecule has 1 fully saturated rings. The molecule has 106 valence electrons. The molecular formula is C15H23BrN2O. The van der Waals surface area contributed by atoms with Crippen LogP contribution in [0.1, 0.15) is 37.8 Å². The quantitative estimate of drug-likeness (QED) is 0.922. The summed E-state index contributed by atoms with van der Waals surface area (Å²) in [5.41, 5.74) is 7.01. The molecule has 0 spiro atoms. The van der Waals surface area contributed by atoms with Crippen molar-refractivity contribution in [2.45, 2.75) is 38.3 Å². The summed E-state index contributed by atoms with van der Waals surface area (Å²) in [7, 11) is 2.18. The summed E-state index contributed by atoms with van der Waals surface area (Å²) in [5, 5.41) is 0. The monoisotopic (exact) mass is 326 g/mol. The highest BCUT2D eigenvalue weighted by Crippen LogP contribution is 2.27. The fourth-order valence-corrected chi connectivity index (χ4v) is 3.23. The molecule has 2 atom stereocenters. The van der Waals surface area contributed by atoms with Gasteiger partial charge in [-0.05, 0) is 51.1 Å². The van der Waals surface area contributed by atoms with Gasteiger partial charge in [0, 0.05) is 16.6 Å². The summed E-state index contributed by atoms with van der Waals surface area (Å²) in [4.78, 5) is 2.40. The third kappa shape index (κ3) is 3.94. The van der Waals surface area contributed by atoms with Crippen LogP contribution >= 0.6 is 15.9 Å². The second-order valence-electron chi connectivity index (χ2n) is 5.41. The molecule has 2 rings (SSSR count). The molecule has 0 aromatic heterocycles. The average Bonchev–Trinajstić information content (AvgIpc) is 2.37. The topological polar surface area (TPSA) is 38.5 Å². The van der Waals surface area contributed by atoms with Gasteiger partial charge in [-0.2, -0.15) is 0 Å². The van der Waals surface area contributed by atoms with Crippen LogP contribution in [0.2, 0.25) is 0 Å². The highest BCUT2D eigenvalue weighted by molar-refractivity contribution is 9.10. The Balaban J connectivity index is 1.94. The van der Waals surface area contributed by atoms with E-state index >= 15 is 0 Å². The average molecular weight is 327 g/mol. The van der Waals surface area contributed by atoms with Crippen LogP contribution < -0.4 is 10.5 Å². The molecule has 3 nitrogen and oxygen atoms in total. The summed E-state index contributed by atoms with van der Waals surface area (Å²) in [6, 6.07) is 6.64. The van der Waals surface area contributed by atoms with Crippen molar-refractivity contribution >= 4 is 15.9 Å². The highest BCUT2D eigenvalue weighted by Gasteiger charge is 2.19. The van der Waals surface area contributed by atoms with Gasteiger partial charge in [0.2, 0.25) is 0 Å². The van der Waals surface area contributed by atoms with Gasteiger partial charge in [-0.15, -0.1) is 0 Å². The van der Waals surface area contributed by atoms with Gasteiger partial charge in [-0.25, -0.2) is 0 Å². The molecule has 0 amide bonds. The Morgan fingerprint density at radius 1 is 1.47 bits per heavy atom. The Kier molecular flexibility index (Phi) is 5.25. The summed E-state index contributed by atoms with van der Waals surface area (Å²) in [6.45, 7) is 3.93. The predicted octanol–water partition coefficient (Wildman–Crippen LogP) is 3.33. The second-order valence-corrected chi connectivity index (χ2v) is 6.27. The molecule has 1 aliphatic rings. The number of halogens is 1. The second kappa shape index (κ2) is 6.73. The van der Waals surface area contributed by atoms with Crippen LogP contribution in [0.3, 0.4) is 0 Å². The van der Waals surface area contributed by atoms with Gasteiger partial charge in [0.05, 0.1) is 0 Å². The summed E-state index contributed by atoms with van der Waals surface area (Å²) < 4.78 is 6.94. The number of likely N-dealkylation sites (tertiary alicyclic amines) is 1.